The standard InChI is InChI=1S/C23H23N3/c1-3-25(4-2)19-16-14-18(15-17-19)23-24-21-12-8-9-13-22(21)26(23)20-10-6-5-7-11-20/h5-17H,3-4H2,1-2H3. The van der Waals surface area contributed by atoms with Crippen LogP contribution in [-0.2, 0) is 0 Å². The quantitative estimate of drug-likeness (QED) is 0.475. The summed E-state index contributed by atoms with van der Waals surface area (Å²) in [6.07, 6.45) is 0. The number of aromatic nitrogens is 2. The third kappa shape index (κ3) is 2.86. The largest absolute Gasteiger partial charge is 0.372 e. The molecule has 0 radical (unpaired) electrons. The average Bonchev–Trinajstić information content (AvgIpc) is 3.10. The topological polar surface area (TPSA) is 21.1 Å². The minimum atomic E-state index is 0.975. The number of benzene rings is 3. The van der Waals surface area contributed by atoms with E-state index in [9.17, 15) is 0 Å². The Morgan fingerprint density at radius 1 is 0.769 bits per heavy atom. The normalized spacial score (nSPS) is 11.0. The van der Waals surface area contributed by atoms with Crippen LogP contribution < -0.4 is 4.90 Å². The zero-order valence-electron chi connectivity index (χ0n) is 15.3. The fourth-order valence-corrected chi connectivity index (χ4v) is 3.47. The van der Waals surface area contributed by atoms with E-state index >= 15 is 0 Å². The van der Waals surface area contributed by atoms with E-state index in [1.54, 1.807) is 0 Å². The Kier molecular flexibility index (Phi) is 4.44. The Morgan fingerprint density at radius 3 is 2.12 bits per heavy atom. The number of hydrogen-bond donors (Lipinski definition) is 0. The second-order valence-electron chi connectivity index (χ2n) is 6.31. The van der Waals surface area contributed by atoms with Crippen molar-refractivity contribution in [2.24, 2.45) is 0 Å². The molecular formula is C23H23N3. The van der Waals surface area contributed by atoms with Crippen LogP contribution in [0, 0.1) is 0 Å². The van der Waals surface area contributed by atoms with Crippen molar-refractivity contribution < 1.29 is 0 Å². The lowest BCUT2D eigenvalue weighted by Gasteiger charge is -2.21. The maximum Gasteiger partial charge on any atom is 0.145 e. The molecule has 0 spiro atoms. The summed E-state index contributed by atoms with van der Waals surface area (Å²) >= 11 is 0. The summed E-state index contributed by atoms with van der Waals surface area (Å²) in [4.78, 5) is 7.27. The fourth-order valence-electron chi connectivity index (χ4n) is 3.47. The first-order valence-electron chi connectivity index (χ1n) is 9.20. The fraction of sp³-hybridized carbons (Fsp3) is 0.174. The lowest BCUT2D eigenvalue weighted by atomic mass is 10.1. The molecular weight excluding hydrogens is 318 g/mol. The Bertz CT molecular complexity index is 997. The molecule has 0 amide bonds. The third-order valence-corrected chi connectivity index (χ3v) is 4.83. The number of fused-ring (bicyclic) bond motifs is 1. The van der Waals surface area contributed by atoms with E-state index in [-0.39, 0.29) is 0 Å². The van der Waals surface area contributed by atoms with Crippen molar-refractivity contribution >= 4 is 16.7 Å². The lowest BCUT2D eigenvalue weighted by molar-refractivity contribution is 0.866. The van der Waals surface area contributed by atoms with Crippen LogP contribution in [0.4, 0.5) is 5.69 Å². The Hall–Kier alpha value is -3.07. The minimum Gasteiger partial charge on any atom is -0.372 e. The van der Waals surface area contributed by atoms with E-state index in [2.05, 4.69) is 90.0 Å². The summed E-state index contributed by atoms with van der Waals surface area (Å²) in [5, 5.41) is 0. The summed E-state index contributed by atoms with van der Waals surface area (Å²) in [6, 6.07) is 27.5. The Labute approximate surface area is 154 Å². The molecule has 1 heterocycles. The zero-order chi connectivity index (χ0) is 17.9. The number of nitrogens with zero attached hydrogens (tertiary/aromatic N) is 3. The van der Waals surface area contributed by atoms with E-state index in [1.165, 1.54) is 5.69 Å². The van der Waals surface area contributed by atoms with Gasteiger partial charge in [-0.25, -0.2) is 4.98 Å². The van der Waals surface area contributed by atoms with Gasteiger partial charge in [-0.1, -0.05) is 30.3 Å². The van der Waals surface area contributed by atoms with E-state index in [4.69, 9.17) is 4.98 Å². The van der Waals surface area contributed by atoms with Crippen LogP contribution in [0.25, 0.3) is 28.1 Å². The van der Waals surface area contributed by atoms with Crippen molar-refractivity contribution in [1.29, 1.82) is 0 Å². The van der Waals surface area contributed by atoms with Gasteiger partial charge in [0.1, 0.15) is 5.82 Å². The van der Waals surface area contributed by atoms with Crippen molar-refractivity contribution in [2.75, 3.05) is 18.0 Å². The lowest BCUT2D eigenvalue weighted by Crippen LogP contribution is -2.21. The number of hydrogen-bond acceptors (Lipinski definition) is 2. The molecule has 0 aliphatic heterocycles. The van der Waals surface area contributed by atoms with Gasteiger partial charge in [0.15, 0.2) is 0 Å². The second kappa shape index (κ2) is 7.04. The minimum absolute atomic E-state index is 0.975. The molecule has 0 unspecified atom stereocenters. The number of para-hydroxylation sites is 3. The molecule has 4 rings (SSSR count). The van der Waals surface area contributed by atoms with Crippen molar-refractivity contribution in [3.63, 3.8) is 0 Å². The Morgan fingerprint density at radius 2 is 1.42 bits per heavy atom. The highest BCUT2D eigenvalue weighted by Crippen LogP contribution is 2.29. The molecule has 0 fully saturated rings. The van der Waals surface area contributed by atoms with Crippen LogP contribution >= 0.6 is 0 Å². The highest BCUT2D eigenvalue weighted by Gasteiger charge is 2.14. The van der Waals surface area contributed by atoms with Gasteiger partial charge in [0.2, 0.25) is 0 Å². The smallest absolute Gasteiger partial charge is 0.145 e. The molecule has 0 atom stereocenters. The SMILES string of the molecule is CCN(CC)c1ccc(-c2nc3ccccc3n2-c2ccccc2)cc1. The van der Waals surface area contributed by atoms with Crippen molar-refractivity contribution in [1.82, 2.24) is 9.55 Å². The van der Waals surface area contributed by atoms with Crippen LogP contribution in [0.3, 0.4) is 0 Å². The Balaban J connectivity index is 1.87. The van der Waals surface area contributed by atoms with Gasteiger partial charge < -0.3 is 4.90 Å². The van der Waals surface area contributed by atoms with Crippen LogP contribution in [-0.4, -0.2) is 22.6 Å². The maximum atomic E-state index is 4.92. The molecule has 0 N–H and O–H groups in total. The first-order chi connectivity index (χ1) is 12.8. The van der Waals surface area contributed by atoms with Crippen molar-refractivity contribution in [3.05, 3.63) is 78.9 Å². The van der Waals surface area contributed by atoms with E-state index in [1.807, 2.05) is 12.1 Å². The molecule has 0 aliphatic carbocycles. The first kappa shape index (κ1) is 16.4. The average molecular weight is 341 g/mol. The van der Waals surface area contributed by atoms with Crippen molar-refractivity contribution in [3.8, 4) is 17.1 Å². The molecule has 4 aromatic rings. The number of anilines is 1. The van der Waals surface area contributed by atoms with Gasteiger partial charge in [-0.2, -0.15) is 0 Å². The monoisotopic (exact) mass is 341 g/mol. The molecule has 26 heavy (non-hydrogen) atoms. The number of rotatable bonds is 5. The summed E-state index contributed by atoms with van der Waals surface area (Å²) in [6.45, 7) is 6.40. The van der Waals surface area contributed by atoms with Crippen LogP contribution in [0.2, 0.25) is 0 Å². The van der Waals surface area contributed by atoms with Gasteiger partial charge in [-0.15, -0.1) is 0 Å². The van der Waals surface area contributed by atoms with Gasteiger partial charge in [0.05, 0.1) is 11.0 Å². The summed E-state index contributed by atoms with van der Waals surface area (Å²) in [5.41, 5.74) is 5.65. The van der Waals surface area contributed by atoms with Crippen LogP contribution in [0.15, 0.2) is 78.9 Å². The highest BCUT2D eigenvalue weighted by atomic mass is 15.1. The van der Waals surface area contributed by atoms with Gasteiger partial charge in [0.25, 0.3) is 0 Å². The summed E-state index contributed by atoms with van der Waals surface area (Å²) in [7, 11) is 0. The van der Waals surface area contributed by atoms with E-state index < -0.39 is 0 Å². The van der Waals surface area contributed by atoms with E-state index in [0.717, 1.165) is 41.2 Å². The predicted octanol–water partition coefficient (Wildman–Crippen LogP) is 5.54. The van der Waals surface area contributed by atoms with Gasteiger partial charge >= 0.3 is 0 Å². The van der Waals surface area contributed by atoms with E-state index in [0.29, 0.717) is 0 Å². The second-order valence-corrected chi connectivity index (χ2v) is 6.31. The molecule has 0 aliphatic rings. The molecule has 0 bridgehead atoms. The highest BCUT2D eigenvalue weighted by molar-refractivity contribution is 5.83. The molecule has 0 saturated heterocycles. The van der Waals surface area contributed by atoms with Gasteiger partial charge in [0, 0.05) is 30.0 Å². The third-order valence-electron chi connectivity index (χ3n) is 4.83. The molecule has 3 heteroatoms. The molecule has 0 saturated carbocycles. The zero-order valence-corrected chi connectivity index (χ0v) is 15.3. The van der Waals surface area contributed by atoms with Crippen molar-refractivity contribution in [2.45, 2.75) is 13.8 Å². The summed E-state index contributed by atoms with van der Waals surface area (Å²) in [5.74, 6) is 0.975. The molecule has 130 valence electrons. The van der Waals surface area contributed by atoms with Crippen LogP contribution in [0.1, 0.15) is 13.8 Å². The van der Waals surface area contributed by atoms with Gasteiger partial charge in [-0.05, 0) is 62.4 Å². The molecule has 3 nitrogen and oxygen atoms in total. The predicted molar refractivity (Wildman–Crippen MR) is 110 cm³/mol. The first-order valence-corrected chi connectivity index (χ1v) is 9.20. The molecule has 3 aromatic carbocycles. The number of imidazole rings is 1. The summed E-state index contributed by atoms with van der Waals surface area (Å²) < 4.78 is 2.24. The molecule has 1 aromatic heterocycles. The van der Waals surface area contributed by atoms with Crippen LogP contribution in [0.5, 0.6) is 0 Å². The maximum absolute atomic E-state index is 4.92. The van der Waals surface area contributed by atoms with Gasteiger partial charge in [-0.3, -0.25) is 4.57 Å².